The molecule has 1 aromatic rings. The summed E-state index contributed by atoms with van der Waals surface area (Å²) in [5.41, 5.74) is 2.76. The molecule has 0 bridgehead atoms. The summed E-state index contributed by atoms with van der Waals surface area (Å²) in [5, 5.41) is 12.3. The van der Waals surface area contributed by atoms with Gasteiger partial charge in [0.25, 0.3) is 0 Å². The highest BCUT2D eigenvalue weighted by atomic mass is 16.5. The molecule has 1 aliphatic rings. The molecule has 20 heavy (non-hydrogen) atoms. The van der Waals surface area contributed by atoms with Crippen molar-refractivity contribution < 1.29 is 4.74 Å². The molecule has 108 valence electrons. The molecule has 0 aromatic heterocycles. The second-order valence-electron chi connectivity index (χ2n) is 5.37. The van der Waals surface area contributed by atoms with Crippen molar-refractivity contribution in [3.8, 4) is 6.07 Å². The van der Waals surface area contributed by atoms with Gasteiger partial charge in [-0.1, -0.05) is 31.2 Å². The fourth-order valence-corrected chi connectivity index (χ4v) is 2.74. The predicted molar refractivity (Wildman–Crippen MR) is 80.4 cm³/mol. The normalized spacial score (nSPS) is 19.1. The number of aryl methyl sites for hydroxylation is 1. The lowest BCUT2D eigenvalue weighted by Gasteiger charge is -2.26. The molecule has 0 saturated carbocycles. The second kappa shape index (κ2) is 8.04. The van der Waals surface area contributed by atoms with Crippen LogP contribution in [-0.2, 0) is 11.2 Å². The Bertz CT molecular complexity index is 453. The molecule has 1 aliphatic carbocycles. The van der Waals surface area contributed by atoms with Crippen molar-refractivity contribution >= 4 is 0 Å². The first-order valence-electron chi connectivity index (χ1n) is 7.67. The average molecular weight is 272 g/mol. The third kappa shape index (κ3) is 4.06. The highest BCUT2D eigenvalue weighted by Crippen LogP contribution is 2.32. The van der Waals surface area contributed by atoms with Gasteiger partial charge in [0.05, 0.1) is 18.2 Å². The van der Waals surface area contributed by atoms with Crippen molar-refractivity contribution in [2.24, 2.45) is 0 Å². The Hall–Kier alpha value is -1.37. The topological polar surface area (TPSA) is 45.0 Å². The Morgan fingerprint density at radius 1 is 1.45 bits per heavy atom. The van der Waals surface area contributed by atoms with E-state index in [9.17, 15) is 0 Å². The Morgan fingerprint density at radius 3 is 3.10 bits per heavy atom. The van der Waals surface area contributed by atoms with E-state index in [1.807, 2.05) is 0 Å². The number of nitrogens with zero attached hydrogens (tertiary/aromatic N) is 1. The first-order chi connectivity index (χ1) is 9.85. The van der Waals surface area contributed by atoms with Crippen LogP contribution in [0.4, 0.5) is 0 Å². The molecule has 0 fully saturated rings. The van der Waals surface area contributed by atoms with E-state index >= 15 is 0 Å². The van der Waals surface area contributed by atoms with E-state index in [4.69, 9.17) is 10.00 Å². The number of ether oxygens (including phenoxy) is 1. The van der Waals surface area contributed by atoms with E-state index in [2.05, 4.69) is 42.6 Å². The number of benzene rings is 1. The minimum Gasteiger partial charge on any atom is -0.373 e. The molecular weight excluding hydrogens is 248 g/mol. The first kappa shape index (κ1) is 15.0. The van der Waals surface area contributed by atoms with Gasteiger partial charge in [-0.15, -0.1) is 0 Å². The number of rotatable bonds is 7. The number of nitrogens with one attached hydrogen (secondary N) is 1. The third-order valence-electron chi connectivity index (χ3n) is 3.84. The fourth-order valence-electron chi connectivity index (χ4n) is 2.74. The highest BCUT2D eigenvalue weighted by Gasteiger charge is 2.20. The van der Waals surface area contributed by atoms with Crippen LogP contribution >= 0.6 is 0 Å². The van der Waals surface area contributed by atoms with Crippen LogP contribution in [0.2, 0.25) is 0 Å². The largest absolute Gasteiger partial charge is 0.373 e. The lowest BCUT2D eigenvalue weighted by atomic mass is 9.89. The van der Waals surface area contributed by atoms with Gasteiger partial charge in [0.15, 0.2) is 0 Å². The maximum absolute atomic E-state index is 9.08. The maximum Gasteiger partial charge on any atom is 0.0975 e. The lowest BCUT2D eigenvalue weighted by Crippen LogP contribution is -2.29. The van der Waals surface area contributed by atoms with Gasteiger partial charge in [0.1, 0.15) is 0 Å². The number of hydrogen-bond donors (Lipinski definition) is 1. The minimum atomic E-state index is -0.0891. The molecule has 2 unspecified atom stereocenters. The van der Waals surface area contributed by atoms with Crippen molar-refractivity contribution in [3.63, 3.8) is 0 Å². The summed E-state index contributed by atoms with van der Waals surface area (Å²) in [5.74, 6) is 0. The molecule has 0 spiro atoms. The zero-order valence-electron chi connectivity index (χ0n) is 12.3. The minimum absolute atomic E-state index is 0.0891. The maximum atomic E-state index is 9.08. The molecule has 0 amide bonds. The van der Waals surface area contributed by atoms with Crippen molar-refractivity contribution in [1.29, 1.82) is 5.26 Å². The molecule has 3 heteroatoms. The summed E-state index contributed by atoms with van der Waals surface area (Å²) in [7, 11) is 0. The fraction of sp³-hybridized carbons (Fsp3) is 0.588. The van der Waals surface area contributed by atoms with E-state index in [0.29, 0.717) is 6.61 Å². The molecule has 1 N–H and O–H groups in total. The van der Waals surface area contributed by atoms with E-state index in [1.54, 1.807) is 0 Å². The zero-order valence-corrected chi connectivity index (χ0v) is 12.3. The van der Waals surface area contributed by atoms with Crippen LogP contribution < -0.4 is 5.32 Å². The molecule has 2 rings (SSSR count). The molecule has 2 atom stereocenters. The Balaban J connectivity index is 1.82. The quantitative estimate of drug-likeness (QED) is 0.827. The average Bonchev–Trinajstić information content (AvgIpc) is 2.51. The summed E-state index contributed by atoms with van der Waals surface area (Å²) >= 11 is 0. The summed E-state index contributed by atoms with van der Waals surface area (Å²) < 4.78 is 6.03. The van der Waals surface area contributed by atoms with Gasteiger partial charge in [-0.3, -0.25) is 0 Å². The predicted octanol–water partition coefficient (Wildman–Crippen LogP) is 3.36. The second-order valence-corrected chi connectivity index (χ2v) is 5.37. The Morgan fingerprint density at radius 2 is 2.30 bits per heavy atom. The van der Waals surface area contributed by atoms with Crippen LogP contribution in [0.15, 0.2) is 24.3 Å². The van der Waals surface area contributed by atoms with Gasteiger partial charge in [-0.2, -0.15) is 5.26 Å². The van der Waals surface area contributed by atoms with Crippen molar-refractivity contribution in [3.05, 3.63) is 35.4 Å². The summed E-state index contributed by atoms with van der Waals surface area (Å²) in [6.45, 7) is 3.65. The van der Waals surface area contributed by atoms with Gasteiger partial charge < -0.3 is 10.1 Å². The Labute approximate surface area is 121 Å². The zero-order chi connectivity index (χ0) is 14.2. The monoisotopic (exact) mass is 272 g/mol. The Kier molecular flexibility index (Phi) is 6.04. The molecule has 0 heterocycles. The molecule has 3 nitrogen and oxygen atoms in total. The van der Waals surface area contributed by atoms with Gasteiger partial charge in [0.2, 0.25) is 0 Å². The third-order valence-corrected chi connectivity index (χ3v) is 3.84. The van der Waals surface area contributed by atoms with Gasteiger partial charge >= 0.3 is 0 Å². The summed E-state index contributed by atoms with van der Waals surface area (Å²) in [6, 6.07) is 10.8. The van der Waals surface area contributed by atoms with Gasteiger partial charge in [0, 0.05) is 6.61 Å². The van der Waals surface area contributed by atoms with Crippen LogP contribution in [0.25, 0.3) is 0 Å². The SMILES string of the molecule is CCCNC(C#N)CCOC1CCCc2ccccc21. The van der Waals surface area contributed by atoms with E-state index in [-0.39, 0.29) is 12.1 Å². The van der Waals surface area contributed by atoms with Gasteiger partial charge in [-0.25, -0.2) is 0 Å². The van der Waals surface area contributed by atoms with Gasteiger partial charge in [-0.05, 0) is 49.8 Å². The molecule has 0 saturated heterocycles. The molecular formula is C17H24N2O. The molecule has 0 aliphatic heterocycles. The number of hydrogen-bond acceptors (Lipinski definition) is 3. The first-order valence-corrected chi connectivity index (χ1v) is 7.67. The van der Waals surface area contributed by atoms with Crippen LogP contribution in [0, 0.1) is 11.3 Å². The van der Waals surface area contributed by atoms with Crippen LogP contribution in [0.5, 0.6) is 0 Å². The van der Waals surface area contributed by atoms with E-state index in [1.165, 1.54) is 17.5 Å². The van der Waals surface area contributed by atoms with E-state index in [0.717, 1.165) is 32.2 Å². The van der Waals surface area contributed by atoms with E-state index < -0.39 is 0 Å². The summed E-state index contributed by atoms with van der Waals surface area (Å²) in [6.07, 6.45) is 5.47. The summed E-state index contributed by atoms with van der Waals surface area (Å²) in [4.78, 5) is 0. The highest BCUT2D eigenvalue weighted by molar-refractivity contribution is 5.31. The van der Waals surface area contributed by atoms with Crippen LogP contribution in [-0.4, -0.2) is 19.2 Å². The number of nitriles is 1. The molecule has 1 aromatic carbocycles. The standard InChI is InChI=1S/C17H24N2O/c1-2-11-19-15(13-18)10-12-20-17-9-5-7-14-6-3-4-8-16(14)17/h3-4,6,8,15,17,19H,2,5,7,9-12H2,1H3. The van der Waals surface area contributed by atoms with Crippen molar-refractivity contribution in [1.82, 2.24) is 5.32 Å². The van der Waals surface area contributed by atoms with Crippen LogP contribution in [0.3, 0.4) is 0 Å². The number of fused-ring (bicyclic) bond motifs is 1. The van der Waals surface area contributed by atoms with Crippen molar-refractivity contribution in [2.75, 3.05) is 13.2 Å². The lowest BCUT2D eigenvalue weighted by molar-refractivity contribution is 0.0371. The van der Waals surface area contributed by atoms with Crippen molar-refractivity contribution in [2.45, 2.75) is 51.2 Å². The molecule has 0 radical (unpaired) electrons. The van der Waals surface area contributed by atoms with Crippen LogP contribution in [0.1, 0.15) is 49.8 Å². The smallest absolute Gasteiger partial charge is 0.0975 e.